The Kier molecular flexibility index (Phi) is 2.60. The Morgan fingerprint density at radius 3 is 2.83 bits per heavy atom. The first-order valence-corrected chi connectivity index (χ1v) is 3.82. The van der Waals surface area contributed by atoms with Crippen molar-refractivity contribution in [2.75, 3.05) is 7.11 Å². The van der Waals surface area contributed by atoms with Gasteiger partial charge in [-0.05, 0) is 12.1 Å². The minimum absolute atomic E-state index is 0.371. The third kappa shape index (κ3) is 1.53. The van der Waals surface area contributed by atoms with E-state index in [1.54, 1.807) is 29.8 Å². The summed E-state index contributed by atoms with van der Waals surface area (Å²) in [6.45, 7) is 0. The van der Waals surface area contributed by atoms with Crippen LogP contribution in [0.4, 0.5) is 0 Å². The van der Waals surface area contributed by atoms with E-state index >= 15 is 0 Å². The predicted molar refractivity (Wildman–Crippen MR) is 47.6 cm³/mol. The molecule has 0 radical (unpaired) electrons. The maximum Gasteiger partial charge on any atom is 0.354 e. The van der Waals surface area contributed by atoms with E-state index in [1.165, 1.54) is 7.11 Å². The Labute approximate surface area is 75.6 Å². The van der Waals surface area contributed by atoms with Gasteiger partial charge in [-0.15, -0.1) is 0 Å². The molecule has 0 spiro atoms. The lowest BCUT2D eigenvalue weighted by molar-refractivity contribution is 0.0588. The first-order valence-electron chi connectivity index (χ1n) is 3.41. The summed E-state index contributed by atoms with van der Waals surface area (Å²) in [6, 6.07) is 5.15. The summed E-state index contributed by atoms with van der Waals surface area (Å²) < 4.78 is 6.79. The smallest absolute Gasteiger partial charge is 0.354 e. The Bertz CT molecular complexity index is 356. The Morgan fingerprint density at radius 2 is 2.25 bits per heavy atom. The molecule has 1 aromatic rings. The minimum Gasteiger partial charge on any atom is -0.464 e. The summed E-state index contributed by atoms with van der Waals surface area (Å²) in [5, 5.41) is 0. The summed E-state index contributed by atoms with van der Waals surface area (Å²) in [4.78, 5) is 11.1. The van der Waals surface area contributed by atoms with Crippen LogP contribution in [0.15, 0.2) is 18.2 Å². The molecule has 0 fully saturated rings. The van der Waals surface area contributed by atoms with Crippen LogP contribution >= 0.6 is 12.2 Å². The summed E-state index contributed by atoms with van der Waals surface area (Å²) in [6.07, 6.45) is 0. The largest absolute Gasteiger partial charge is 0.464 e. The fourth-order valence-electron chi connectivity index (χ4n) is 0.873. The van der Waals surface area contributed by atoms with Crippen LogP contribution in [-0.4, -0.2) is 17.6 Å². The van der Waals surface area contributed by atoms with Crippen molar-refractivity contribution < 1.29 is 9.53 Å². The fourth-order valence-corrected chi connectivity index (χ4v) is 1.05. The number of aromatic nitrogens is 1. The molecule has 0 aromatic carbocycles. The Morgan fingerprint density at radius 1 is 1.58 bits per heavy atom. The van der Waals surface area contributed by atoms with E-state index in [9.17, 15) is 4.79 Å². The van der Waals surface area contributed by atoms with Crippen molar-refractivity contribution >= 4 is 18.2 Å². The highest BCUT2D eigenvalue weighted by molar-refractivity contribution is 7.71. The highest BCUT2D eigenvalue weighted by Crippen LogP contribution is 2.01. The highest BCUT2D eigenvalue weighted by Gasteiger charge is 2.06. The van der Waals surface area contributed by atoms with Gasteiger partial charge in [-0.2, -0.15) is 0 Å². The van der Waals surface area contributed by atoms with Gasteiger partial charge in [-0.1, -0.05) is 18.3 Å². The lowest BCUT2D eigenvalue weighted by atomic mass is 10.3. The number of pyridine rings is 1. The van der Waals surface area contributed by atoms with Crippen molar-refractivity contribution in [2.45, 2.75) is 0 Å². The molecule has 0 N–H and O–H groups in total. The van der Waals surface area contributed by atoms with Crippen molar-refractivity contribution in [3.05, 3.63) is 28.5 Å². The number of carbonyl (C=O) groups excluding carboxylic acids is 1. The molecule has 0 saturated carbocycles. The number of carbonyl (C=O) groups is 1. The van der Waals surface area contributed by atoms with E-state index in [0.29, 0.717) is 10.3 Å². The van der Waals surface area contributed by atoms with Crippen LogP contribution < -0.4 is 0 Å². The van der Waals surface area contributed by atoms with Gasteiger partial charge in [0.05, 0.1) is 7.11 Å². The fraction of sp³-hybridized carbons (Fsp3) is 0.250. The van der Waals surface area contributed by atoms with Crippen LogP contribution in [0.5, 0.6) is 0 Å². The Hall–Kier alpha value is -1.16. The van der Waals surface area contributed by atoms with Crippen LogP contribution in [0, 0.1) is 4.64 Å². The Balaban J connectivity index is 3.26. The molecule has 1 heterocycles. The highest BCUT2D eigenvalue weighted by atomic mass is 32.1. The molecule has 1 aromatic heterocycles. The van der Waals surface area contributed by atoms with Gasteiger partial charge in [0.25, 0.3) is 0 Å². The standard InChI is InChI=1S/C8H9NO2S/c1-9-6(8(10)11-2)4-3-5-7(9)12/h3-5H,1-2H3. The molecule has 1 rings (SSSR count). The van der Waals surface area contributed by atoms with Crippen molar-refractivity contribution in [3.8, 4) is 0 Å². The van der Waals surface area contributed by atoms with Crippen LogP contribution in [-0.2, 0) is 11.8 Å². The van der Waals surface area contributed by atoms with E-state index in [0.717, 1.165) is 0 Å². The summed E-state index contributed by atoms with van der Waals surface area (Å²) in [7, 11) is 3.08. The SMILES string of the molecule is COC(=O)c1cccc(=S)n1C. The van der Waals surface area contributed by atoms with E-state index in [-0.39, 0.29) is 5.97 Å². The van der Waals surface area contributed by atoms with Crippen molar-refractivity contribution in [1.29, 1.82) is 0 Å². The molecule has 0 aliphatic rings. The van der Waals surface area contributed by atoms with Crippen molar-refractivity contribution in [1.82, 2.24) is 4.57 Å². The molecule has 0 atom stereocenters. The van der Waals surface area contributed by atoms with Gasteiger partial charge in [-0.3, -0.25) is 0 Å². The number of ether oxygens (including phenoxy) is 1. The van der Waals surface area contributed by atoms with E-state index in [4.69, 9.17) is 12.2 Å². The molecule has 3 nitrogen and oxygen atoms in total. The van der Waals surface area contributed by atoms with Gasteiger partial charge >= 0.3 is 5.97 Å². The summed E-state index contributed by atoms with van der Waals surface area (Å²) in [5.41, 5.74) is 0.463. The van der Waals surface area contributed by atoms with Crippen LogP contribution in [0.25, 0.3) is 0 Å². The second-order valence-corrected chi connectivity index (χ2v) is 2.72. The molecule has 0 bridgehead atoms. The average Bonchev–Trinajstić information content (AvgIpc) is 2.08. The summed E-state index contributed by atoms with van der Waals surface area (Å²) >= 11 is 4.96. The normalized spacial score (nSPS) is 9.50. The molecule has 0 aliphatic heterocycles. The molecular formula is C8H9NO2S. The molecule has 0 amide bonds. The molecule has 12 heavy (non-hydrogen) atoms. The third-order valence-electron chi connectivity index (χ3n) is 1.58. The maximum atomic E-state index is 11.1. The number of nitrogens with zero attached hydrogens (tertiary/aromatic N) is 1. The number of hydrogen-bond acceptors (Lipinski definition) is 3. The average molecular weight is 183 g/mol. The minimum atomic E-state index is -0.371. The third-order valence-corrected chi connectivity index (χ3v) is 1.99. The number of rotatable bonds is 1. The second-order valence-electron chi connectivity index (χ2n) is 2.30. The topological polar surface area (TPSA) is 31.2 Å². The summed E-state index contributed by atoms with van der Waals surface area (Å²) in [5.74, 6) is -0.371. The predicted octanol–water partition coefficient (Wildman–Crippen LogP) is 1.54. The number of esters is 1. The lowest BCUT2D eigenvalue weighted by Crippen LogP contribution is -2.10. The van der Waals surface area contributed by atoms with Crippen LogP contribution in [0.3, 0.4) is 0 Å². The zero-order valence-electron chi connectivity index (χ0n) is 6.90. The van der Waals surface area contributed by atoms with Crippen LogP contribution in [0.2, 0.25) is 0 Å². The van der Waals surface area contributed by atoms with Gasteiger partial charge in [0.15, 0.2) is 0 Å². The molecule has 4 heteroatoms. The number of methoxy groups -OCH3 is 1. The quantitative estimate of drug-likeness (QED) is 0.489. The van der Waals surface area contributed by atoms with Gasteiger partial charge in [0.1, 0.15) is 10.3 Å². The van der Waals surface area contributed by atoms with Crippen molar-refractivity contribution in [3.63, 3.8) is 0 Å². The maximum absolute atomic E-state index is 11.1. The second kappa shape index (κ2) is 3.49. The first-order chi connectivity index (χ1) is 5.66. The molecule has 0 aliphatic carbocycles. The van der Waals surface area contributed by atoms with Gasteiger partial charge in [-0.25, -0.2) is 4.79 Å². The van der Waals surface area contributed by atoms with E-state index in [2.05, 4.69) is 4.74 Å². The molecule has 0 saturated heterocycles. The van der Waals surface area contributed by atoms with Gasteiger partial charge in [0.2, 0.25) is 0 Å². The van der Waals surface area contributed by atoms with E-state index in [1.807, 2.05) is 0 Å². The monoisotopic (exact) mass is 183 g/mol. The number of hydrogen-bond donors (Lipinski definition) is 0. The zero-order valence-corrected chi connectivity index (χ0v) is 7.72. The van der Waals surface area contributed by atoms with Crippen molar-refractivity contribution in [2.24, 2.45) is 7.05 Å². The molecule has 0 unspecified atom stereocenters. The van der Waals surface area contributed by atoms with Gasteiger partial charge in [0, 0.05) is 7.05 Å². The van der Waals surface area contributed by atoms with E-state index < -0.39 is 0 Å². The molecule has 64 valence electrons. The van der Waals surface area contributed by atoms with Gasteiger partial charge < -0.3 is 9.30 Å². The first kappa shape index (κ1) is 8.93. The lowest BCUT2D eigenvalue weighted by Gasteiger charge is -2.05. The zero-order chi connectivity index (χ0) is 9.14. The molecular weight excluding hydrogens is 174 g/mol. The van der Waals surface area contributed by atoms with Crippen LogP contribution in [0.1, 0.15) is 10.5 Å².